The number of aromatic nitrogens is 1. The van der Waals surface area contributed by atoms with Crippen molar-refractivity contribution in [1.29, 1.82) is 0 Å². The lowest BCUT2D eigenvalue weighted by atomic mass is 10.1. The first-order chi connectivity index (χ1) is 12.7. The Morgan fingerprint density at radius 3 is 2.54 bits per heavy atom. The molecule has 0 N–H and O–H groups in total. The van der Waals surface area contributed by atoms with Crippen LogP contribution in [0.25, 0.3) is 22.6 Å². The molecule has 4 aromatic rings. The van der Waals surface area contributed by atoms with Gasteiger partial charge in [0.2, 0.25) is 5.89 Å². The number of para-hydroxylation sites is 3. The van der Waals surface area contributed by atoms with E-state index in [0.29, 0.717) is 28.3 Å². The molecule has 4 rings (SSSR count). The topological polar surface area (TPSA) is 52.3 Å². The summed E-state index contributed by atoms with van der Waals surface area (Å²) in [7, 11) is 0. The number of rotatable bonds is 4. The van der Waals surface area contributed by atoms with Crippen molar-refractivity contribution < 1.29 is 18.3 Å². The van der Waals surface area contributed by atoms with Gasteiger partial charge in [-0.25, -0.2) is 9.37 Å². The summed E-state index contributed by atoms with van der Waals surface area (Å²) >= 11 is 0. The minimum atomic E-state index is -0.523. The zero-order chi connectivity index (χ0) is 17.9. The Hall–Kier alpha value is -3.47. The van der Waals surface area contributed by atoms with Crippen molar-refractivity contribution in [1.82, 2.24) is 4.98 Å². The van der Waals surface area contributed by atoms with E-state index in [1.807, 2.05) is 24.3 Å². The fraction of sp³-hybridized carbons (Fsp3) is 0.0476. The number of nitrogens with zero attached hydrogens (tertiary/aromatic N) is 1. The van der Waals surface area contributed by atoms with Crippen molar-refractivity contribution in [3.63, 3.8) is 0 Å². The van der Waals surface area contributed by atoms with Crippen LogP contribution in [-0.2, 0) is 11.2 Å². The van der Waals surface area contributed by atoms with E-state index < -0.39 is 11.8 Å². The van der Waals surface area contributed by atoms with Crippen molar-refractivity contribution >= 4 is 17.1 Å². The molecule has 0 aliphatic carbocycles. The molecule has 0 aliphatic rings. The predicted molar refractivity (Wildman–Crippen MR) is 95.2 cm³/mol. The van der Waals surface area contributed by atoms with E-state index >= 15 is 0 Å². The summed E-state index contributed by atoms with van der Waals surface area (Å²) < 4.78 is 25.2. The molecular formula is C21H14FNO3. The van der Waals surface area contributed by atoms with E-state index in [0.717, 1.165) is 0 Å². The monoisotopic (exact) mass is 347 g/mol. The van der Waals surface area contributed by atoms with Gasteiger partial charge in [-0.1, -0.05) is 36.4 Å². The number of carbonyl (C=O) groups excluding carboxylic acids is 1. The molecule has 1 aromatic heterocycles. The van der Waals surface area contributed by atoms with Gasteiger partial charge in [-0.05, 0) is 42.0 Å². The van der Waals surface area contributed by atoms with Crippen molar-refractivity contribution in [3.05, 3.63) is 84.2 Å². The van der Waals surface area contributed by atoms with Gasteiger partial charge in [-0.3, -0.25) is 4.79 Å². The molecule has 0 bridgehead atoms. The average molecular weight is 347 g/mol. The molecule has 0 atom stereocenters. The van der Waals surface area contributed by atoms with Gasteiger partial charge in [0.05, 0.1) is 6.42 Å². The SMILES string of the molecule is O=C(Cc1ccc(-c2nc3ccccc3o2)cc1F)Oc1ccccc1. The zero-order valence-corrected chi connectivity index (χ0v) is 13.7. The van der Waals surface area contributed by atoms with Crippen molar-refractivity contribution in [2.24, 2.45) is 0 Å². The van der Waals surface area contributed by atoms with Crippen molar-refractivity contribution in [2.75, 3.05) is 0 Å². The van der Waals surface area contributed by atoms with Crippen LogP contribution in [-0.4, -0.2) is 11.0 Å². The van der Waals surface area contributed by atoms with E-state index in [-0.39, 0.29) is 12.0 Å². The van der Waals surface area contributed by atoms with Gasteiger partial charge in [0, 0.05) is 5.56 Å². The Morgan fingerprint density at radius 1 is 1.00 bits per heavy atom. The first-order valence-corrected chi connectivity index (χ1v) is 8.09. The van der Waals surface area contributed by atoms with Crippen molar-refractivity contribution in [3.8, 4) is 17.2 Å². The lowest BCUT2D eigenvalue weighted by molar-refractivity contribution is -0.133. The van der Waals surface area contributed by atoms with E-state index in [9.17, 15) is 9.18 Å². The molecule has 128 valence electrons. The van der Waals surface area contributed by atoms with Gasteiger partial charge in [0.1, 0.15) is 17.1 Å². The number of esters is 1. The number of benzene rings is 3. The van der Waals surface area contributed by atoms with Crippen LogP contribution in [0.4, 0.5) is 4.39 Å². The predicted octanol–water partition coefficient (Wildman–Crippen LogP) is 4.78. The average Bonchev–Trinajstić information content (AvgIpc) is 3.08. The minimum Gasteiger partial charge on any atom is -0.436 e. The molecule has 0 unspecified atom stereocenters. The summed E-state index contributed by atoms with van der Waals surface area (Å²) in [5.41, 5.74) is 2.11. The third-order valence-electron chi connectivity index (χ3n) is 3.90. The zero-order valence-electron chi connectivity index (χ0n) is 13.7. The fourth-order valence-electron chi connectivity index (χ4n) is 2.63. The van der Waals surface area contributed by atoms with Gasteiger partial charge in [-0.15, -0.1) is 0 Å². The largest absolute Gasteiger partial charge is 0.436 e. The molecule has 3 aromatic carbocycles. The van der Waals surface area contributed by atoms with Gasteiger partial charge in [0.15, 0.2) is 5.58 Å². The van der Waals surface area contributed by atoms with Gasteiger partial charge in [0.25, 0.3) is 0 Å². The number of fused-ring (bicyclic) bond motifs is 1. The molecule has 26 heavy (non-hydrogen) atoms. The van der Waals surface area contributed by atoms with Gasteiger partial charge < -0.3 is 9.15 Å². The second kappa shape index (κ2) is 6.80. The van der Waals surface area contributed by atoms with E-state index in [4.69, 9.17) is 9.15 Å². The number of hydrogen-bond acceptors (Lipinski definition) is 4. The highest BCUT2D eigenvalue weighted by atomic mass is 19.1. The first kappa shape index (κ1) is 16.0. The molecule has 0 saturated heterocycles. The highest BCUT2D eigenvalue weighted by Gasteiger charge is 2.14. The van der Waals surface area contributed by atoms with Crippen LogP contribution in [0.3, 0.4) is 0 Å². The molecule has 1 heterocycles. The molecule has 0 saturated carbocycles. The van der Waals surface area contributed by atoms with Crippen LogP contribution >= 0.6 is 0 Å². The van der Waals surface area contributed by atoms with E-state index in [1.54, 1.807) is 42.5 Å². The first-order valence-electron chi connectivity index (χ1n) is 8.09. The molecule has 0 amide bonds. The number of ether oxygens (including phenoxy) is 1. The second-order valence-electron chi connectivity index (χ2n) is 5.76. The van der Waals surface area contributed by atoms with Crippen LogP contribution in [0.1, 0.15) is 5.56 Å². The lowest BCUT2D eigenvalue weighted by Gasteiger charge is -2.06. The highest BCUT2D eigenvalue weighted by molar-refractivity contribution is 5.77. The summed E-state index contributed by atoms with van der Waals surface area (Å²) in [6.45, 7) is 0. The normalized spacial score (nSPS) is 10.8. The molecule has 4 nitrogen and oxygen atoms in total. The molecule has 0 spiro atoms. The second-order valence-corrected chi connectivity index (χ2v) is 5.76. The van der Waals surface area contributed by atoms with Crippen LogP contribution < -0.4 is 4.74 Å². The number of halogens is 1. The van der Waals surface area contributed by atoms with E-state index in [2.05, 4.69) is 4.98 Å². The maximum absolute atomic E-state index is 14.4. The molecule has 5 heteroatoms. The summed E-state index contributed by atoms with van der Waals surface area (Å²) in [6, 6.07) is 20.6. The molecular weight excluding hydrogens is 333 g/mol. The molecule has 0 radical (unpaired) electrons. The lowest BCUT2D eigenvalue weighted by Crippen LogP contribution is -2.12. The molecule has 0 aliphatic heterocycles. The third kappa shape index (κ3) is 3.32. The Labute approximate surface area is 148 Å². The number of carbonyl (C=O) groups is 1. The summed E-state index contributed by atoms with van der Waals surface area (Å²) in [5.74, 6) is -0.260. The van der Waals surface area contributed by atoms with Crippen molar-refractivity contribution in [2.45, 2.75) is 6.42 Å². The Kier molecular flexibility index (Phi) is 4.19. The van der Waals surface area contributed by atoms with Crippen LogP contribution in [0, 0.1) is 5.82 Å². The summed E-state index contributed by atoms with van der Waals surface area (Å²) in [5, 5.41) is 0. The highest BCUT2D eigenvalue weighted by Crippen LogP contribution is 2.26. The minimum absolute atomic E-state index is 0.158. The Bertz CT molecular complexity index is 1040. The van der Waals surface area contributed by atoms with Gasteiger partial charge >= 0.3 is 5.97 Å². The van der Waals surface area contributed by atoms with Gasteiger partial charge in [-0.2, -0.15) is 0 Å². The summed E-state index contributed by atoms with van der Waals surface area (Å²) in [4.78, 5) is 16.3. The summed E-state index contributed by atoms with van der Waals surface area (Å²) in [6.07, 6.45) is -0.158. The van der Waals surface area contributed by atoms with Crippen LogP contribution in [0.15, 0.2) is 77.2 Å². The maximum atomic E-state index is 14.4. The fourth-order valence-corrected chi connectivity index (χ4v) is 2.63. The Morgan fingerprint density at radius 2 is 1.77 bits per heavy atom. The number of oxazole rings is 1. The van der Waals surface area contributed by atoms with Crippen LogP contribution in [0.2, 0.25) is 0 Å². The Balaban J connectivity index is 1.53. The molecule has 0 fully saturated rings. The third-order valence-corrected chi connectivity index (χ3v) is 3.90. The van der Waals surface area contributed by atoms with E-state index in [1.165, 1.54) is 6.07 Å². The standard InChI is InChI=1S/C21H14FNO3/c22-17-12-15(21-23-18-8-4-5-9-19(18)26-21)11-10-14(17)13-20(24)25-16-6-2-1-3-7-16/h1-12H,13H2. The number of hydrogen-bond donors (Lipinski definition) is 0. The smallest absolute Gasteiger partial charge is 0.315 e. The van der Waals surface area contributed by atoms with Crippen LogP contribution in [0.5, 0.6) is 5.75 Å². The quantitative estimate of drug-likeness (QED) is 0.394. The maximum Gasteiger partial charge on any atom is 0.315 e.